The molecule has 3 aromatic rings. The highest BCUT2D eigenvalue weighted by Gasteiger charge is 2.51. The normalized spacial score (nSPS) is 18.4. The quantitative estimate of drug-likeness (QED) is 0.381. The lowest BCUT2D eigenvalue weighted by atomic mass is 10.0. The van der Waals surface area contributed by atoms with E-state index in [0.717, 1.165) is 6.04 Å². The Hall–Kier alpha value is -2.85. The van der Waals surface area contributed by atoms with Gasteiger partial charge >= 0.3 is 6.16 Å². The molecule has 0 unspecified atom stereocenters. The van der Waals surface area contributed by atoms with Gasteiger partial charge < -0.3 is 9.47 Å². The molecule has 3 aromatic carbocycles. The van der Waals surface area contributed by atoms with E-state index in [1.807, 2.05) is 32.0 Å². The van der Waals surface area contributed by atoms with Gasteiger partial charge in [-0.05, 0) is 35.5 Å². The largest absolute Gasteiger partial charge is 0.509 e. The zero-order valence-electron chi connectivity index (χ0n) is 16.2. The SMILES string of the molecule is CC1(C)OC(=O)O[C@H]1C[Si](c1ccccc1)(c1ccccc1)c1ccccc1. The maximum atomic E-state index is 11.9. The molecule has 3 nitrogen and oxygen atoms in total. The third-order valence-corrected chi connectivity index (χ3v) is 10.6. The van der Waals surface area contributed by atoms with Crippen molar-refractivity contribution < 1.29 is 14.3 Å². The second-order valence-electron chi connectivity index (χ2n) is 7.77. The van der Waals surface area contributed by atoms with Crippen LogP contribution in [0.5, 0.6) is 0 Å². The second kappa shape index (κ2) is 7.28. The van der Waals surface area contributed by atoms with Gasteiger partial charge in [0, 0.05) is 0 Å². The van der Waals surface area contributed by atoms with Crippen molar-refractivity contribution in [3.63, 3.8) is 0 Å². The van der Waals surface area contributed by atoms with Gasteiger partial charge in [-0.25, -0.2) is 4.79 Å². The molecular formula is C24H24O3Si. The van der Waals surface area contributed by atoms with E-state index in [1.165, 1.54) is 15.6 Å². The zero-order chi connectivity index (χ0) is 19.6. The van der Waals surface area contributed by atoms with E-state index in [4.69, 9.17) is 9.47 Å². The second-order valence-corrected chi connectivity index (χ2v) is 11.7. The van der Waals surface area contributed by atoms with Gasteiger partial charge in [0.2, 0.25) is 0 Å². The Kier molecular flexibility index (Phi) is 4.81. The van der Waals surface area contributed by atoms with E-state index in [-0.39, 0.29) is 6.10 Å². The van der Waals surface area contributed by atoms with E-state index in [1.54, 1.807) is 0 Å². The van der Waals surface area contributed by atoms with E-state index in [9.17, 15) is 4.79 Å². The molecule has 0 bridgehead atoms. The predicted octanol–water partition coefficient (Wildman–Crippen LogP) is 3.47. The summed E-state index contributed by atoms with van der Waals surface area (Å²) < 4.78 is 11.1. The van der Waals surface area contributed by atoms with Crippen LogP contribution in [0.4, 0.5) is 4.79 Å². The van der Waals surface area contributed by atoms with Crippen LogP contribution in [-0.2, 0) is 9.47 Å². The van der Waals surface area contributed by atoms with E-state index in [2.05, 4.69) is 72.8 Å². The molecule has 0 amide bonds. The molecule has 1 heterocycles. The molecule has 0 aromatic heterocycles. The minimum Gasteiger partial charge on any atom is -0.427 e. The summed E-state index contributed by atoms with van der Waals surface area (Å²) >= 11 is 0. The summed E-state index contributed by atoms with van der Waals surface area (Å²) in [4.78, 5) is 11.9. The molecule has 4 heteroatoms. The summed E-state index contributed by atoms with van der Waals surface area (Å²) in [6.07, 6.45) is -0.889. The highest BCUT2D eigenvalue weighted by molar-refractivity contribution is 7.11. The first-order chi connectivity index (χ1) is 13.5. The summed E-state index contributed by atoms with van der Waals surface area (Å²) in [6, 6.07) is 32.6. The molecule has 0 saturated carbocycles. The van der Waals surface area contributed by atoms with Crippen molar-refractivity contribution in [3.8, 4) is 0 Å². The average molecular weight is 389 g/mol. The van der Waals surface area contributed by atoms with Crippen LogP contribution < -0.4 is 15.6 Å². The highest BCUT2D eigenvalue weighted by atomic mass is 28.3. The van der Waals surface area contributed by atoms with Crippen LogP contribution in [0, 0.1) is 0 Å². The minimum absolute atomic E-state index is 0.313. The van der Waals surface area contributed by atoms with Crippen molar-refractivity contribution >= 4 is 29.8 Å². The summed E-state index contributed by atoms with van der Waals surface area (Å²) in [5, 5.41) is 3.89. The van der Waals surface area contributed by atoms with Crippen LogP contribution in [0.25, 0.3) is 0 Å². The van der Waals surface area contributed by atoms with Crippen LogP contribution in [0.2, 0.25) is 6.04 Å². The molecule has 142 valence electrons. The molecule has 1 atom stereocenters. The van der Waals surface area contributed by atoms with Crippen molar-refractivity contribution in [3.05, 3.63) is 91.0 Å². The van der Waals surface area contributed by atoms with Gasteiger partial charge in [0.25, 0.3) is 0 Å². The number of hydrogen-bond donors (Lipinski definition) is 0. The molecule has 1 aliphatic heterocycles. The Morgan fingerprint density at radius 1 is 0.750 bits per heavy atom. The maximum Gasteiger partial charge on any atom is 0.509 e. The first-order valence-corrected chi connectivity index (χ1v) is 11.8. The summed E-state index contributed by atoms with van der Waals surface area (Å²) in [5.74, 6) is 0. The van der Waals surface area contributed by atoms with Crippen LogP contribution in [0.15, 0.2) is 91.0 Å². The fraction of sp³-hybridized carbons (Fsp3) is 0.208. The Labute approximate surface area is 166 Å². The lowest BCUT2D eigenvalue weighted by molar-refractivity contribution is 0.0701. The number of ether oxygens (including phenoxy) is 2. The fourth-order valence-electron chi connectivity index (χ4n) is 4.15. The number of hydrogen-bond acceptors (Lipinski definition) is 3. The Morgan fingerprint density at radius 3 is 1.46 bits per heavy atom. The van der Waals surface area contributed by atoms with E-state index < -0.39 is 19.8 Å². The van der Waals surface area contributed by atoms with Crippen LogP contribution >= 0.6 is 0 Å². The molecule has 4 rings (SSSR count). The number of carbonyl (C=O) groups excluding carboxylic acids is 1. The molecule has 28 heavy (non-hydrogen) atoms. The zero-order valence-corrected chi connectivity index (χ0v) is 17.2. The number of carbonyl (C=O) groups is 1. The summed E-state index contributed by atoms with van der Waals surface area (Å²) in [6.45, 7) is 3.87. The molecule has 0 spiro atoms. The van der Waals surface area contributed by atoms with Crippen LogP contribution in [0.3, 0.4) is 0 Å². The van der Waals surface area contributed by atoms with Gasteiger partial charge in [-0.1, -0.05) is 91.0 Å². The number of cyclic esters (lactones) is 2. The van der Waals surface area contributed by atoms with Gasteiger partial charge in [0.15, 0.2) is 8.07 Å². The summed E-state index contributed by atoms with van der Waals surface area (Å²) in [5.41, 5.74) is -0.659. The van der Waals surface area contributed by atoms with Gasteiger partial charge in [-0.3, -0.25) is 0 Å². The van der Waals surface area contributed by atoms with Crippen molar-refractivity contribution in [2.45, 2.75) is 31.6 Å². The Morgan fingerprint density at radius 2 is 1.14 bits per heavy atom. The summed E-state index contributed by atoms with van der Waals surface area (Å²) in [7, 11) is -2.46. The Balaban J connectivity index is 1.95. The highest BCUT2D eigenvalue weighted by Crippen LogP contribution is 2.32. The van der Waals surface area contributed by atoms with Crippen molar-refractivity contribution in [1.29, 1.82) is 0 Å². The number of rotatable bonds is 5. The minimum atomic E-state index is -2.46. The van der Waals surface area contributed by atoms with Crippen molar-refractivity contribution in [2.75, 3.05) is 0 Å². The topological polar surface area (TPSA) is 35.5 Å². The molecule has 1 aliphatic rings. The third kappa shape index (κ3) is 3.25. The van der Waals surface area contributed by atoms with Crippen LogP contribution in [-0.4, -0.2) is 25.9 Å². The molecule has 0 N–H and O–H groups in total. The van der Waals surface area contributed by atoms with Gasteiger partial charge in [-0.15, -0.1) is 0 Å². The molecule has 1 saturated heterocycles. The van der Waals surface area contributed by atoms with Crippen molar-refractivity contribution in [2.24, 2.45) is 0 Å². The van der Waals surface area contributed by atoms with Crippen molar-refractivity contribution in [1.82, 2.24) is 0 Å². The van der Waals surface area contributed by atoms with Gasteiger partial charge in [0.1, 0.15) is 11.7 Å². The lowest BCUT2D eigenvalue weighted by Crippen LogP contribution is -2.69. The standard InChI is InChI=1S/C24H24O3Si/c1-24(2)22(26-23(25)27-24)18-28(19-12-6-3-7-13-19,20-14-8-4-9-15-20)21-16-10-5-11-17-21/h3-17,22H,18H2,1-2H3/t22-/m0/s1. The third-order valence-electron chi connectivity index (χ3n) is 5.65. The maximum absolute atomic E-state index is 11.9. The lowest BCUT2D eigenvalue weighted by Gasteiger charge is -2.37. The Bertz CT molecular complexity index is 843. The predicted molar refractivity (Wildman–Crippen MR) is 114 cm³/mol. The van der Waals surface area contributed by atoms with Gasteiger partial charge in [0.05, 0.1) is 0 Å². The fourth-order valence-corrected chi connectivity index (χ4v) is 9.27. The smallest absolute Gasteiger partial charge is 0.427 e. The van der Waals surface area contributed by atoms with E-state index >= 15 is 0 Å². The van der Waals surface area contributed by atoms with E-state index in [0.29, 0.717) is 0 Å². The molecular weight excluding hydrogens is 364 g/mol. The molecule has 0 radical (unpaired) electrons. The first kappa shape index (κ1) is 18.5. The molecule has 1 fully saturated rings. The van der Waals surface area contributed by atoms with Crippen LogP contribution in [0.1, 0.15) is 13.8 Å². The first-order valence-electron chi connectivity index (χ1n) is 9.58. The molecule has 0 aliphatic carbocycles. The monoisotopic (exact) mass is 388 g/mol. The van der Waals surface area contributed by atoms with Gasteiger partial charge in [-0.2, -0.15) is 0 Å². The number of benzene rings is 3. The average Bonchev–Trinajstić information content (AvgIpc) is 2.99.